The van der Waals surface area contributed by atoms with E-state index in [1.165, 1.54) is 4.88 Å². The molecule has 0 aliphatic carbocycles. The summed E-state index contributed by atoms with van der Waals surface area (Å²) in [6.07, 6.45) is 0. The second-order valence-electron chi connectivity index (χ2n) is 6.97. The number of hydrogen-bond acceptors (Lipinski definition) is 3. The molecule has 0 saturated carbocycles. The molecule has 1 amide bonds. The molecule has 0 radical (unpaired) electrons. The summed E-state index contributed by atoms with van der Waals surface area (Å²) < 4.78 is 0.779. The molecule has 6 heteroatoms. The van der Waals surface area contributed by atoms with Crippen molar-refractivity contribution in [2.24, 2.45) is 11.1 Å². The smallest absolute Gasteiger partial charge is 0.225 e. The second-order valence-corrected chi connectivity index (χ2v) is 9.18. The zero-order valence-electron chi connectivity index (χ0n) is 14.3. The molecule has 3 nitrogen and oxygen atoms in total. The van der Waals surface area contributed by atoms with Crippen LogP contribution in [0.3, 0.4) is 0 Å². The van der Waals surface area contributed by atoms with Gasteiger partial charge in [0.05, 0.1) is 16.8 Å². The number of primary amides is 1. The number of amides is 1. The van der Waals surface area contributed by atoms with Crippen molar-refractivity contribution in [2.45, 2.75) is 33.2 Å². The lowest BCUT2D eigenvalue weighted by Crippen LogP contribution is -2.32. The number of thiophene rings is 1. The third-order valence-electron chi connectivity index (χ3n) is 3.91. The zero-order chi connectivity index (χ0) is 18.1. The van der Waals surface area contributed by atoms with Crippen LogP contribution in [0.25, 0.3) is 0 Å². The van der Waals surface area contributed by atoms with Gasteiger partial charge in [-0.15, -0.1) is 11.3 Å². The van der Waals surface area contributed by atoms with Gasteiger partial charge in [-0.05, 0) is 35.2 Å². The summed E-state index contributed by atoms with van der Waals surface area (Å²) in [5, 5.41) is 0.558. The summed E-state index contributed by atoms with van der Waals surface area (Å²) in [5.41, 5.74) is 7.06. The van der Waals surface area contributed by atoms with Gasteiger partial charge in [-0.2, -0.15) is 0 Å². The lowest BCUT2D eigenvalue weighted by atomic mass is 9.76. The third kappa shape index (κ3) is 4.44. The molecule has 1 atom stereocenters. The van der Waals surface area contributed by atoms with Gasteiger partial charge in [-0.25, -0.2) is 0 Å². The van der Waals surface area contributed by atoms with E-state index in [9.17, 15) is 4.79 Å². The molecule has 2 aromatic rings. The molecule has 0 spiro atoms. The number of carbonyl (C=O) groups is 1. The van der Waals surface area contributed by atoms with Crippen molar-refractivity contribution in [1.82, 2.24) is 0 Å². The number of halogens is 2. The van der Waals surface area contributed by atoms with E-state index in [4.69, 9.17) is 28.9 Å². The van der Waals surface area contributed by atoms with Crippen molar-refractivity contribution < 1.29 is 4.79 Å². The first kappa shape index (κ1) is 19.1. The Morgan fingerprint density at radius 2 is 1.92 bits per heavy atom. The molecule has 0 aliphatic heterocycles. The fourth-order valence-electron chi connectivity index (χ4n) is 2.80. The molecule has 1 unspecified atom stereocenters. The molecule has 2 N–H and O–H groups in total. The van der Waals surface area contributed by atoms with Crippen molar-refractivity contribution in [3.05, 3.63) is 50.1 Å². The summed E-state index contributed by atoms with van der Waals surface area (Å²) in [6.45, 7) is 6.70. The molecule has 0 saturated heterocycles. The van der Waals surface area contributed by atoms with Crippen molar-refractivity contribution in [2.75, 3.05) is 11.9 Å². The minimum Gasteiger partial charge on any atom is -0.369 e. The first-order valence-corrected chi connectivity index (χ1v) is 9.21. The van der Waals surface area contributed by atoms with Crippen LogP contribution >= 0.6 is 34.5 Å². The van der Waals surface area contributed by atoms with E-state index in [-0.39, 0.29) is 11.3 Å². The van der Waals surface area contributed by atoms with E-state index in [0.717, 1.165) is 22.1 Å². The Balaban J connectivity index is 2.27. The first-order valence-electron chi connectivity index (χ1n) is 7.63. The fourth-order valence-corrected chi connectivity index (χ4v) is 4.22. The van der Waals surface area contributed by atoms with Crippen molar-refractivity contribution in [3.8, 4) is 0 Å². The third-order valence-corrected chi connectivity index (χ3v) is 5.45. The molecule has 1 heterocycles. The summed E-state index contributed by atoms with van der Waals surface area (Å²) in [6, 6.07) is 9.66. The monoisotopic (exact) mass is 384 g/mol. The van der Waals surface area contributed by atoms with Crippen LogP contribution in [0.2, 0.25) is 9.36 Å². The highest BCUT2D eigenvalue weighted by molar-refractivity contribution is 7.16. The molecule has 130 valence electrons. The van der Waals surface area contributed by atoms with E-state index in [1.54, 1.807) is 11.3 Å². The first-order chi connectivity index (χ1) is 11.1. The molecule has 0 bridgehead atoms. The number of nitrogens with two attached hydrogens (primary N) is 1. The van der Waals surface area contributed by atoms with Crippen molar-refractivity contribution in [3.63, 3.8) is 0 Å². The molecular weight excluding hydrogens is 363 g/mol. The maximum Gasteiger partial charge on any atom is 0.225 e. The Morgan fingerprint density at radius 3 is 2.38 bits per heavy atom. The Hall–Kier alpha value is -1.23. The number of nitrogens with zero attached hydrogens (tertiary/aromatic N) is 1. The highest BCUT2D eigenvalue weighted by Gasteiger charge is 2.32. The normalized spacial score (nSPS) is 12.9. The Bertz CT molecular complexity index is 737. The fraction of sp³-hybridized carbons (Fsp3) is 0.389. The summed E-state index contributed by atoms with van der Waals surface area (Å²) in [4.78, 5) is 15.2. The van der Waals surface area contributed by atoms with E-state index in [2.05, 4.69) is 4.90 Å². The molecule has 1 aromatic heterocycles. The summed E-state index contributed by atoms with van der Waals surface area (Å²) in [5.74, 6) is -0.792. The van der Waals surface area contributed by atoms with Crippen molar-refractivity contribution >= 4 is 46.1 Å². The van der Waals surface area contributed by atoms with Crippen LogP contribution in [0, 0.1) is 5.41 Å². The number of hydrogen-bond donors (Lipinski definition) is 1. The molecule has 1 aromatic carbocycles. The van der Waals surface area contributed by atoms with Gasteiger partial charge in [0, 0.05) is 22.6 Å². The van der Waals surface area contributed by atoms with Crippen LogP contribution in [0.1, 0.15) is 37.1 Å². The topological polar surface area (TPSA) is 46.3 Å². The van der Waals surface area contributed by atoms with Crippen LogP contribution < -0.4 is 10.6 Å². The van der Waals surface area contributed by atoms with Crippen LogP contribution in [0.4, 0.5) is 5.69 Å². The quantitative estimate of drug-likeness (QED) is 0.759. The minimum absolute atomic E-state index is 0.295. The number of benzene rings is 1. The van der Waals surface area contributed by atoms with Crippen molar-refractivity contribution in [1.29, 1.82) is 0 Å². The average molecular weight is 385 g/mol. The number of rotatable bonds is 5. The van der Waals surface area contributed by atoms with Gasteiger partial charge in [-0.1, -0.05) is 50.0 Å². The predicted molar refractivity (Wildman–Crippen MR) is 104 cm³/mol. The van der Waals surface area contributed by atoms with Gasteiger partial charge in [0.1, 0.15) is 0 Å². The Labute approximate surface area is 157 Å². The van der Waals surface area contributed by atoms with E-state index in [1.807, 2.05) is 58.2 Å². The van der Waals surface area contributed by atoms with Crippen LogP contribution in [-0.2, 0) is 11.3 Å². The Morgan fingerprint density at radius 1 is 1.25 bits per heavy atom. The van der Waals surface area contributed by atoms with E-state index in [0.29, 0.717) is 5.02 Å². The highest BCUT2D eigenvalue weighted by Crippen LogP contribution is 2.39. The minimum atomic E-state index is -0.430. The van der Waals surface area contributed by atoms with E-state index >= 15 is 0 Å². The Kier molecular flexibility index (Phi) is 5.84. The van der Waals surface area contributed by atoms with Gasteiger partial charge in [0.2, 0.25) is 5.91 Å². The summed E-state index contributed by atoms with van der Waals surface area (Å²) in [7, 11) is 1.99. The number of anilines is 1. The standard InChI is InChI=1S/C18H22Cl2N2OS/c1-18(2,3)16(17(21)23)13-7-5-11(9-14(13)19)22(4)10-12-6-8-15(20)24-12/h5-9,16H,10H2,1-4H3,(H2,21,23). The maximum absolute atomic E-state index is 11.9. The lowest BCUT2D eigenvalue weighted by molar-refractivity contribution is -0.121. The second kappa shape index (κ2) is 7.34. The van der Waals surface area contributed by atoms with Crippen LogP contribution in [0.15, 0.2) is 30.3 Å². The number of carbonyl (C=O) groups excluding carboxylic acids is 1. The van der Waals surface area contributed by atoms with Gasteiger partial charge >= 0.3 is 0 Å². The van der Waals surface area contributed by atoms with E-state index < -0.39 is 5.92 Å². The average Bonchev–Trinajstić information content (AvgIpc) is 2.84. The molecular formula is C18H22Cl2N2OS. The molecule has 0 aliphatic rings. The SMILES string of the molecule is CN(Cc1ccc(Cl)s1)c1ccc(C(C(N)=O)C(C)(C)C)c(Cl)c1. The van der Waals surface area contributed by atoms with Gasteiger partial charge in [0.25, 0.3) is 0 Å². The van der Waals surface area contributed by atoms with Crippen LogP contribution in [-0.4, -0.2) is 13.0 Å². The lowest BCUT2D eigenvalue weighted by Gasteiger charge is -2.29. The van der Waals surface area contributed by atoms with Crippen LogP contribution in [0.5, 0.6) is 0 Å². The summed E-state index contributed by atoms with van der Waals surface area (Å²) >= 11 is 14.0. The van der Waals surface area contributed by atoms with Gasteiger partial charge in [-0.3, -0.25) is 4.79 Å². The highest BCUT2D eigenvalue weighted by atomic mass is 35.5. The maximum atomic E-state index is 11.9. The largest absolute Gasteiger partial charge is 0.369 e. The van der Waals surface area contributed by atoms with Gasteiger partial charge in [0.15, 0.2) is 0 Å². The predicted octanol–water partition coefficient (Wildman–Crippen LogP) is 5.31. The van der Waals surface area contributed by atoms with Gasteiger partial charge < -0.3 is 10.6 Å². The zero-order valence-corrected chi connectivity index (χ0v) is 16.6. The molecule has 24 heavy (non-hydrogen) atoms. The molecule has 0 fully saturated rings. The molecule has 2 rings (SSSR count).